The van der Waals surface area contributed by atoms with E-state index >= 15 is 0 Å². The van der Waals surface area contributed by atoms with Gasteiger partial charge in [0.2, 0.25) is 11.8 Å². The average molecular weight is 263 g/mol. The molecule has 0 aromatic heterocycles. The number of carbonyl (C=O) groups excluding carboxylic acids is 2. The van der Waals surface area contributed by atoms with Gasteiger partial charge >= 0.3 is 0 Å². The smallest absolute Gasteiger partial charge is 0.231 e. The number of hydrogen-bond acceptors (Lipinski definition) is 2. The molecule has 1 aliphatic heterocycles. The summed E-state index contributed by atoms with van der Waals surface area (Å²) in [5.74, 6) is -0.0229. The zero-order valence-electron chi connectivity index (χ0n) is 11.8. The van der Waals surface area contributed by atoms with Crippen LogP contribution in [0.4, 0.5) is 0 Å². The van der Waals surface area contributed by atoms with Crippen LogP contribution in [-0.2, 0) is 9.59 Å². The molecule has 4 heteroatoms. The van der Waals surface area contributed by atoms with Crippen LogP contribution in [0.25, 0.3) is 0 Å². The van der Waals surface area contributed by atoms with Crippen molar-refractivity contribution in [1.82, 2.24) is 4.90 Å². The number of likely N-dealkylation sites (tertiary alicyclic amines) is 1. The molecule has 1 saturated heterocycles. The number of primary amides is 1. The molecule has 1 unspecified atom stereocenters. The molecule has 1 atom stereocenters. The van der Waals surface area contributed by atoms with Gasteiger partial charge in [0, 0.05) is 12.2 Å². The Morgan fingerprint density at radius 2 is 2.05 bits per heavy atom. The van der Waals surface area contributed by atoms with Gasteiger partial charge in [0.1, 0.15) is 0 Å². The van der Waals surface area contributed by atoms with Crippen molar-refractivity contribution in [3.05, 3.63) is 18.2 Å². The van der Waals surface area contributed by atoms with E-state index in [4.69, 9.17) is 5.73 Å². The topological polar surface area (TPSA) is 63.4 Å². The molecule has 2 amide bonds. The number of hydrogen-bond donors (Lipinski definition) is 1. The van der Waals surface area contributed by atoms with Gasteiger partial charge in [-0.3, -0.25) is 9.59 Å². The van der Waals surface area contributed by atoms with Gasteiger partial charge in [-0.1, -0.05) is 19.9 Å². The second kappa shape index (κ2) is 5.35. The van der Waals surface area contributed by atoms with Crippen LogP contribution in [0.3, 0.4) is 0 Å². The van der Waals surface area contributed by atoms with Gasteiger partial charge in [-0.05, 0) is 38.0 Å². The first-order chi connectivity index (χ1) is 8.92. The summed E-state index contributed by atoms with van der Waals surface area (Å²) in [6.45, 7) is 4.13. The summed E-state index contributed by atoms with van der Waals surface area (Å²) in [4.78, 5) is 25.6. The summed E-state index contributed by atoms with van der Waals surface area (Å²) >= 11 is 0. The monoisotopic (exact) mass is 263 g/mol. The Kier molecular flexibility index (Phi) is 3.97. The molecular formula is C15H23N2O2. The summed E-state index contributed by atoms with van der Waals surface area (Å²) < 4.78 is 0. The van der Waals surface area contributed by atoms with Crippen molar-refractivity contribution >= 4 is 11.8 Å². The number of nitrogens with two attached hydrogens (primary N) is 1. The number of piperidine rings is 1. The second-order valence-electron chi connectivity index (χ2n) is 6.12. The van der Waals surface area contributed by atoms with Crippen LogP contribution in [0.1, 0.15) is 46.0 Å². The van der Waals surface area contributed by atoms with Crippen molar-refractivity contribution < 1.29 is 9.59 Å². The lowest BCUT2D eigenvalue weighted by Gasteiger charge is -2.39. The molecule has 1 heterocycles. The molecule has 105 valence electrons. The highest BCUT2D eigenvalue weighted by atomic mass is 16.2. The minimum Gasteiger partial charge on any atom is -0.369 e. The molecule has 1 fully saturated rings. The SMILES string of the molecule is CC(C)([CH]C(=O)N1CCCC2CCCC=C21)C(N)=O. The van der Waals surface area contributed by atoms with Gasteiger partial charge in [-0.2, -0.15) is 0 Å². The summed E-state index contributed by atoms with van der Waals surface area (Å²) in [7, 11) is 0. The van der Waals surface area contributed by atoms with E-state index < -0.39 is 11.3 Å². The van der Waals surface area contributed by atoms with Gasteiger partial charge in [-0.25, -0.2) is 0 Å². The van der Waals surface area contributed by atoms with Gasteiger partial charge in [0.05, 0.1) is 11.8 Å². The Hall–Kier alpha value is -1.32. The normalized spacial score (nSPS) is 23.6. The van der Waals surface area contributed by atoms with Crippen molar-refractivity contribution in [2.75, 3.05) is 6.54 Å². The van der Waals surface area contributed by atoms with Crippen molar-refractivity contribution in [2.24, 2.45) is 17.1 Å². The third kappa shape index (κ3) is 2.99. The molecule has 0 aromatic carbocycles. The van der Waals surface area contributed by atoms with E-state index in [2.05, 4.69) is 6.08 Å². The highest BCUT2D eigenvalue weighted by molar-refractivity contribution is 5.95. The first-order valence-corrected chi connectivity index (χ1v) is 7.09. The van der Waals surface area contributed by atoms with Gasteiger partial charge in [0.25, 0.3) is 0 Å². The lowest BCUT2D eigenvalue weighted by Crippen LogP contribution is -2.43. The number of amides is 2. The Morgan fingerprint density at radius 1 is 1.37 bits per heavy atom. The third-order valence-electron chi connectivity index (χ3n) is 4.16. The maximum Gasteiger partial charge on any atom is 0.231 e. The van der Waals surface area contributed by atoms with E-state index in [1.54, 1.807) is 13.8 Å². The minimum absolute atomic E-state index is 0.0818. The van der Waals surface area contributed by atoms with Gasteiger partial charge < -0.3 is 10.6 Å². The molecule has 0 spiro atoms. The van der Waals surface area contributed by atoms with E-state index in [0.717, 1.165) is 19.4 Å². The number of rotatable bonds is 3. The Bertz CT molecular complexity index is 412. The first-order valence-electron chi connectivity index (χ1n) is 7.09. The zero-order chi connectivity index (χ0) is 14.0. The molecule has 0 saturated carbocycles. The van der Waals surface area contributed by atoms with Crippen molar-refractivity contribution in [2.45, 2.75) is 46.0 Å². The standard InChI is InChI=1S/C15H23N2O2/c1-15(2,14(16)19)10-13(18)17-9-5-7-11-6-3-4-8-12(11)17/h8,10-11H,3-7,9H2,1-2H3,(H2,16,19). The Balaban J connectivity index is 2.10. The average Bonchev–Trinajstić information content (AvgIpc) is 2.37. The van der Waals surface area contributed by atoms with Crippen LogP contribution < -0.4 is 5.73 Å². The van der Waals surface area contributed by atoms with Crippen molar-refractivity contribution in [3.63, 3.8) is 0 Å². The second-order valence-corrected chi connectivity index (χ2v) is 6.12. The molecule has 0 aromatic rings. The molecule has 2 rings (SSSR count). The summed E-state index contributed by atoms with van der Waals surface area (Å²) in [5.41, 5.74) is 5.60. The fourth-order valence-electron chi connectivity index (χ4n) is 2.87. The highest BCUT2D eigenvalue weighted by Gasteiger charge is 2.35. The van der Waals surface area contributed by atoms with Gasteiger partial charge in [0.15, 0.2) is 0 Å². The lowest BCUT2D eigenvalue weighted by molar-refractivity contribution is -0.132. The van der Waals surface area contributed by atoms with E-state index in [1.807, 2.05) is 4.90 Å². The lowest BCUT2D eigenvalue weighted by atomic mass is 9.83. The molecule has 4 nitrogen and oxygen atoms in total. The number of allylic oxidation sites excluding steroid dienone is 2. The maximum absolute atomic E-state index is 12.4. The third-order valence-corrected chi connectivity index (χ3v) is 4.16. The molecule has 2 aliphatic rings. The molecule has 19 heavy (non-hydrogen) atoms. The summed E-state index contributed by atoms with van der Waals surface area (Å²) in [6, 6.07) is 0. The van der Waals surface area contributed by atoms with Crippen LogP contribution in [0.15, 0.2) is 11.8 Å². The highest BCUT2D eigenvalue weighted by Crippen LogP contribution is 2.36. The molecule has 2 N–H and O–H groups in total. The van der Waals surface area contributed by atoms with Crippen molar-refractivity contribution in [3.8, 4) is 0 Å². The largest absolute Gasteiger partial charge is 0.369 e. The van der Waals surface area contributed by atoms with E-state index in [1.165, 1.54) is 31.4 Å². The van der Waals surface area contributed by atoms with Crippen LogP contribution in [0.5, 0.6) is 0 Å². The van der Waals surface area contributed by atoms with E-state index in [9.17, 15) is 9.59 Å². The minimum atomic E-state index is -0.890. The molecular weight excluding hydrogens is 240 g/mol. The van der Waals surface area contributed by atoms with Crippen LogP contribution in [0.2, 0.25) is 0 Å². The fraction of sp³-hybridized carbons (Fsp3) is 0.667. The predicted molar refractivity (Wildman–Crippen MR) is 73.6 cm³/mol. The fourth-order valence-corrected chi connectivity index (χ4v) is 2.87. The zero-order valence-corrected chi connectivity index (χ0v) is 11.8. The molecule has 1 aliphatic carbocycles. The van der Waals surface area contributed by atoms with Crippen LogP contribution in [-0.4, -0.2) is 23.3 Å². The first kappa shape index (κ1) is 14.1. The van der Waals surface area contributed by atoms with Gasteiger partial charge in [-0.15, -0.1) is 0 Å². The Morgan fingerprint density at radius 3 is 2.74 bits per heavy atom. The summed E-state index contributed by atoms with van der Waals surface area (Å²) in [5, 5.41) is 0. The van der Waals surface area contributed by atoms with E-state index in [0.29, 0.717) is 5.92 Å². The van der Waals surface area contributed by atoms with Crippen molar-refractivity contribution in [1.29, 1.82) is 0 Å². The number of nitrogens with zero attached hydrogens (tertiary/aromatic N) is 1. The summed E-state index contributed by atoms with van der Waals surface area (Å²) in [6.07, 6.45) is 9.31. The number of fused-ring (bicyclic) bond motifs is 1. The van der Waals surface area contributed by atoms with E-state index in [-0.39, 0.29) is 5.91 Å². The predicted octanol–water partition coefficient (Wildman–Crippen LogP) is 2.01. The Labute approximate surface area is 115 Å². The maximum atomic E-state index is 12.4. The molecule has 1 radical (unpaired) electrons. The molecule has 0 bridgehead atoms. The van der Waals surface area contributed by atoms with Crippen LogP contribution in [0, 0.1) is 17.8 Å². The number of carbonyl (C=O) groups is 2. The van der Waals surface area contributed by atoms with Crippen LogP contribution >= 0.6 is 0 Å². The quantitative estimate of drug-likeness (QED) is 0.846.